The van der Waals surface area contributed by atoms with E-state index in [1.54, 1.807) is 16.8 Å². The Morgan fingerprint density at radius 3 is 2.45 bits per heavy atom. The third kappa shape index (κ3) is 3.81. The molecule has 2 aromatic rings. The number of methoxy groups -OCH3 is 1. The fourth-order valence-electron chi connectivity index (χ4n) is 4.39. The molecule has 0 unspecified atom stereocenters. The van der Waals surface area contributed by atoms with E-state index in [-0.39, 0.29) is 17.5 Å². The molecule has 0 atom stereocenters. The lowest BCUT2D eigenvalue weighted by Crippen LogP contribution is -2.39. The number of hydrogen-bond donors (Lipinski definition) is 3. The van der Waals surface area contributed by atoms with Crippen molar-refractivity contribution in [1.29, 1.82) is 0 Å². The van der Waals surface area contributed by atoms with Crippen LogP contribution in [0.15, 0.2) is 40.5 Å². The molecule has 1 aliphatic heterocycles. The van der Waals surface area contributed by atoms with Crippen LogP contribution in [0.3, 0.4) is 0 Å². The topological polar surface area (TPSA) is 92.6 Å². The Morgan fingerprint density at radius 2 is 1.81 bits per heavy atom. The minimum Gasteiger partial charge on any atom is -0.497 e. The quantitative estimate of drug-likeness (QED) is 0.681. The summed E-state index contributed by atoms with van der Waals surface area (Å²) in [5.74, 6) is 0.395. The summed E-state index contributed by atoms with van der Waals surface area (Å²) < 4.78 is 8.87. The van der Waals surface area contributed by atoms with Gasteiger partial charge in [0.2, 0.25) is 0 Å². The van der Waals surface area contributed by atoms with Gasteiger partial charge in [-0.1, -0.05) is 19.3 Å². The van der Waals surface area contributed by atoms with Gasteiger partial charge in [-0.25, -0.2) is 4.68 Å². The monoisotopic (exact) mass is 426 g/mol. The molecule has 2 aliphatic rings. The third-order valence-corrected chi connectivity index (χ3v) is 6.30. The first-order chi connectivity index (χ1) is 14.9. The fourth-order valence-corrected chi connectivity index (χ4v) is 4.39. The van der Waals surface area contributed by atoms with Crippen LogP contribution in [0.5, 0.6) is 5.75 Å². The van der Waals surface area contributed by atoms with Gasteiger partial charge in [0.1, 0.15) is 17.1 Å². The van der Waals surface area contributed by atoms with E-state index in [1.807, 2.05) is 49.8 Å². The van der Waals surface area contributed by atoms with E-state index in [1.165, 1.54) is 6.42 Å². The van der Waals surface area contributed by atoms with Crippen molar-refractivity contribution in [3.63, 3.8) is 0 Å². The molecule has 1 aromatic carbocycles. The van der Waals surface area contributed by atoms with Crippen molar-refractivity contribution < 1.29 is 9.53 Å². The zero-order valence-corrected chi connectivity index (χ0v) is 18.5. The summed E-state index contributed by atoms with van der Waals surface area (Å²) in [6, 6.07) is 7.67. The molecule has 0 spiro atoms. The second kappa shape index (κ2) is 8.50. The van der Waals surface area contributed by atoms with Gasteiger partial charge in [-0.05, 0) is 51.0 Å². The summed E-state index contributed by atoms with van der Waals surface area (Å²) in [6.07, 6.45) is 5.47. The van der Waals surface area contributed by atoms with E-state index in [0.29, 0.717) is 17.1 Å². The number of hydrogen-bond acceptors (Lipinski definition) is 6. The highest BCUT2D eigenvalue weighted by atomic mass is 16.5. The smallest absolute Gasteiger partial charge is 0.291 e. The average molecular weight is 427 g/mol. The van der Waals surface area contributed by atoms with Crippen LogP contribution < -0.4 is 31.6 Å². The van der Waals surface area contributed by atoms with Crippen molar-refractivity contribution in [2.24, 2.45) is 7.05 Å². The number of amides is 1. The van der Waals surface area contributed by atoms with Crippen LogP contribution in [0.2, 0.25) is 0 Å². The highest BCUT2D eigenvalue weighted by molar-refractivity contribution is 6.04. The van der Waals surface area contributed by atoms with Crippen LogP contribution in [0.4, 0.5) is 11.4 Å². The zero-order chi connectivity index (χ0) is 22.1. The average Bonchev–Trinajstić information content (AvgIpc) is 3.27. The predicted octanol–water partition coefficient (Wildman–Crippen LogP) is 2.71. The summed E-state index contributed by atoms with van der Waals surface area (Å²) in [4.78, 5) is 26.2. The first-order valence-corrected chi connectivity index (χ1v) is 10.7. The summed E-state index contributed by atoms with van der Waals surface area (Å²) >= 11 is 0. The standard InChI is InChI=1S/C22H30N6O3/c1-14-20(22(30)28(26(14)3)17-8-6-5-7-9-17)23-21(29)19-15(2)27(25-24-19)16-10-12-18(31-4)13-11-16/h10-13,17,24-25H,5-9H2,1-4H3,(H,23,29). The maximum atomic E-state index is 13.1. The zero-order valence-electron chi connectivity index (χ0n) is 18.5. The van der Waals surface area contributed by atoms with Gasteiger partial charge in [0, 0.05) is 7.05 Å². The second-order valence-electron chi connectivity index (χ2n) is 8.11. The lowest BCUT2D eigenvalue weighted by Gasteiger charge is -2.24. The van der Waals surface area contributed by atoms with Crippen LogP contribution in [0.25, 0.3) is 0 Å². The summed E-state index contributed by atoms with van der Waals surface area (Å²) in [6.45, 7) is 3.70. The molecule has 3 N–H and O–H groups in total. The Morgan fingerprint density at radius 1 is 1.13 bits per heavy atom. The van der Waals surface area contributed by atoms with Gasteiger partial charge >= 0.3 is 0 Å². The van der Waals surface area contributed by atoms with E-state index >= 15 is 0 Å². The molecule has 4 rings (SSSR count). The first-order valence-electron chi connectivity index (χ1n) is 10.7. The van der Waals surface area contributed by atoms with Gasteiger partial charge in [-0.2, -0.15) is 0 Å². The highest BCUT2D eigenvalue weighted by Gasteiger charge is 2.28. The lowest BCUT2D eigenvalue weighted by atomic mass is 9.96. The molecule has 0 radical (unpaired) electrons. The number of allylic oxidation sites excluding steroid dienone is 1. The number of rotatable bonds is 5. The Balaban J connectivity index is 1.56. The van der Waals surface area contributed by atoms with Crippen LogP contribution in [0, 0.1) is 6.92 Å². The molecule has 1 amide bonds. The maximum absolute atomic E-state index is 13.1. The number of carbonyl (C=O) groups is 1. The minimum absolute atomic E-state index is 0.142. The molecule has 1 aromatic heterocycles. The summed E-state index contributed by atoms with van der Waals surface area (Å²) in [5.41, 5.74) is 8.77. The predicted molar refractivity (Wildman–Crippen MR) is 120 cm³/mol. The summed E-state index contributed by atoms with van der Waals surface area (Å²) in [5, 5.41) is 4.61. The van der Waals surface area contributed by atoms with Gasteiger partial charge in [0.15, 0.2) is 0 Å². The number of carbonyl (C=O) groups excluding carboxylic acids is 1. The van der Waals surface area contributed by atoms with Gasteiger partial charge in [0.05, 0.1) is 30.2 Å². The van der Waals surface area contributed by atoms with E-state index in [2.05, 4.69) is 16.3 Å². The fraction of sp³-hybridized carbons (Fsp3) is 0.455. The molecule has 0 saturated heterocycles. The molecule has 9 heteroatoms. The molecule has 1 fully saturated rings. The van der Waals surface area contributed by atoms with Gasteiger partial charge in [0.25, 0.3) is 11.5 Å². The molecule has 31 heavy (non-hydrogen) atoms. The molecule has 9 nitrogen and oxygen atoms in total. The van der Waals surface area contributed by atoms with Crippen molar-refractivity contribution in [3.8, 4) is 5.75 Å². The number of anilines is 2. The Labute approximate surface area is 181 Å². The molecular formula is C22H30N6O3. The van der Waals surface area contributed by atoms with E-state index < -0.39 is 0 Å². The van der Waals surface area contributed by atoms with Crippen LogP contribution in [0.1, 0.15) is 50.8 Å². The molecule has 2 heterocycles. The Kier molecular flexibility index (Phi) is 5.77. The molecule has 1 aliphatic carbocycles. The number of aromatic nitrogens is 2. The van der Waals surface area contributed by atoms with Gasteiger partial charge in [-0.15, -0.1) is 5.53 Å². The van der Waals surface area contributed by atoms with Crippen LogP contribution >= 0.6 is 0 Å². The van der Waals surface area contributed by atoms with Crippen molar-refractivity contribution in [3.05, 3.63) is 51.7 Å². The number of benzene rings is 1. The van der Waals surface area contributed by atoms with Crippen LogP contribution in [-0.4, -0.2) is 22.4 Å². The first kappa shape index (κ1) is 21.0. The summed E-state index contributed by atoms with van der Waals surface area (Å²) in [7, 11) is 3.50. The normalized spacial score (nSPS) is 17.1. The van der Waals surface area contributed by atoms with E-state index in [4.69, 9.17) is 4.74 Å². The Bertz CT molecular complexity index is 1060. The number of nitrogens with zero attached hydrogens (tertiary/aromatic N) is 3. The second-order valence-corrected chi connectivity index (χ2v) is 8.11. The third-order valence-electron chi connectivity index (χ3n) is 6.30. The van der Waals surface area contributed by atoms with Crippen molar-refractivity contribution in [2.75, 3.05) is 17.4 Å². The minimum atomic E-state index is -0.359. The van der Waals surface area contributed by atoms with Crippen molar-refractivity contribution in [1.82, 2.24) is 20.3 Å². The lowest BCUT2D eigenvalue weighted by molar-refractivity contribution is -0.113. The van der Waals surface area contributed by atoms with Crippen molar-refractivity contribution >= 4 is 17.3 Å². The number of nitrogens with one attached hydrogen (secondary N) is 3. The number of hydrazine groups is 2. The Hall–Kier alpha value is -3.20. The molecule has 1 saturated carbocycles. The van der Waals surface area contributed by atoms with Gasteiger partial charge < -0.3 is 10.1 Å². The SMILES string of the molecule is COc1ccc(N2NNC(C(=O)Nc3c(C)n(C)n(C4CCCCC4)c3=O)=C2C)cc1. The van der Waals surface area contributed by atoms with Crippen molar-refractivity contribution in [2.45, 2.75) is 52.0 Å². The number of ether oxygens (including phenoxy) is 1. The molecule has 0 bridgehead atoms. The molecular weight excluding hydrogens is 396 g/mol. The molecule has 166 valence electrons. The van der Waals surface area contributed by atoms with Gasteiger partial charge in [-0.3, -0.25) is 24.7 Å². The van der Waals surface area contributed by atoms with Crippen LogP contribution in [-0.2, 0) is 11.8 Å². The largest absolute Gasteiger partial charge is 0.497 e. The maximum Gasteiger partial charge on any atom is 0.291 e. The highest BCUT2D eigenvalue weighted by Crippen LogP contribution is 2.29. The van der Waals surface area contributed by atoms with E-state index in [0.717, 1.165) is 42.8 Å². The van der Waals surface area contributed by atoms with E-state index in [9.17, 15) is 9.59 Å².